The molecule has 0 unspecified atom stereocenters. The first-order valence-corrected chi connectivity index (χ1v) is 7.92. The van der Waals surface area contributed by atoms with Crippen LogP contribution in [0.2, 0.25) is 0 Å². The number of piperidine rings is 1. The Bertz CT molecular complexity index is 561. The van der Waals surface area contributed by atoms with Crippen molar-refractivity contribution in [1.82, 2.24) is 24.9 Å². The Morgan fingerprint density at radius 2 is 2.35 bits per heavy atom. The van der Waals surface area contributed by atoms with E-state index in [4.69, 9.17) is 0 Å². The fraction of sp³-hybridized carbons (Fsp3) is 0.571. The van der Waals surface area contributed by atoms with Crippen molar-refractivity contribution in [3.8, 4) is 0 Å². The summed E-state index contributed by atoms with van der Waals surface area (Å²) in [6, 6.07) is 2.18. The van der Waals surface area contributed by atoms with Crippen LogP contribution in [0.25, 0.3) is 0 Å². The molecule has 1 aliphatic heterocycles. The van der Waals surface area contributed by atoms with Gasteiger partial charge in [-0.2, -0.15) is 10.2 Å². The third-order valence-corrected chi connectivity index (χ3v) is 4.31. The molecule has 1 atom stereocenters. The Morgan fingerprint density at radius 3 is 3.05 bits per heavy atom. The standard InChI is InChI=1S/C14H20BrN5/c1-11-7-14(18-17-11)12-3-2-4-19(9-12)5-6-20-10-13(15)8-16-20/h7-8,10,12H,2-6,9H2,1H3,(H,17,18)/t12-/m0/s1. The molecule has 1 N–H and O–H groups in total. The second-order valence-corrected chi connectivity index (χ2v) is 6.45. The number of aryl methyl sites for hydroxylation is 1. The average Bonchev–Trinajstić information content (AvgIpc) is 3.06. The van der Waals surface area contributed by atoms with Gasteiger partial charge in [-0.3, -0.25) is 9.78 Å². The molecule has 0 amide bonds. The van der Waals surface area contributed by atoms with Crippen LogP contribution < -0.4 is 0 Å². The molecular weight excluding hydrogens is 318 g/mol. The zero-order valence-corrected chi connectivity index (χ0v) is 13.3. The zero-order valence-electron chi connectivity index (χ0n) is 11.7. The Labute approximate surface area is 127 Å². The van der Waals surface area contributed by atoms with Gasteiger partial charge in [0, 0.05) is 30.9 Å². The van der Waals surface area contributed by atoms with Gasteiger partial charge in [0.25, 0.3) is 0 Å². The molecule has 0 aromatic carbocycles. The molecule has 1 aliphatic rings. The van der Waals surface area contributed by atoms with Crippen LogP contribution >= 0.6 is 15.9 Å². The summed E-state index contributed by atoms with van der Waals surface area (Å²) >= 11 is 3.43. The van der Waals surface area contributed by atoms with E-state index in [-0.39, 0.29) is 0 Å². The van der Waals surface area contributed by atoms with Gasteiger partial charge in [0.15, 0.2) is 0 Å². The fourth-order valence-corrected chi connectivity index (χ4v) is 3.18. The monoisotopic (exact) mass is 337 g/mol. The molecule has 0 saturated carbocycles. The van der Waals surface area contributed by atoms with Crippen LogP contribution in [0, 0.1) is 6.92 Å². The minimum Gasteiger partial charge on any atom is -0.301 e. The molecule has 5 nitrogen and oxygen atoms in total. The summed E-state index contributed by atoms with van der Waals surface area (Å²) in [6.45, 7) is 6.34. The van der Waals surface area contributed by atoms with E-state index < -0.39 is 0 Å². The van der Waals surface area contributed by atoms with Crippen LogP contribution in [0.4, 0.5) is 0 Å². The summed E-state index contributed by atoms with van der Waals surface area (Å²) in [7, 11) is 0. The second-order valence-electron chi connectivity index (χ2n) is 5.54. The minimum atomic E-state index is 0.568. The molecule has 108 valence electrons. The highest BCUT2D eigenvalue weighted by molar-refractivity contribution is 9.10. The topological polar surface area (TPSA) is 49.7 Å². The normalized spacial score (nSPS) is 20.4. The number of H-pyrrole nitrogens is 1. The van der Waals surface area contributed by atoms with E-state index in [9.17, 15) is 0 Å². The molecule has 1 fully saturated rings. The van der Waals surface area contributed by atoms with E-state index in [1.165, 1.54) is 25.1 Å². The highest BCUT2D eigenvalue weighted by Crippen LogP contribution is 2.25. The van der Waals surface area contributed by atoms with Gasteiger partial charge < -0.3 is 4.90 Å². The molecule has 20 heavy (non-hydrogen) atoms. The van der Waals surface area contributed by atoms with Crippen molar-refractivity contribution < 1.29 is 0 Å². The Morgan fingerprint density at radius 1 is 1.45 bits per heavy atom. The maximum absolute atomic E-state index is 4.42. The van der Waals surface area contributed by atoms with Crippen LogP contribution in [-0.4, -0.2) is 44.5 Å². The van der Waals surface area contributed by atoms with E-state index in [1.54, 1.807) is 0 Å². The summed E-state index contributed by atoms with van der Waals surface area (Å²) in [5, 5.41) is 11.8. The van der Waals surface area contributed by atoms with Crippen molar-refractivity contribution in [2.45, 2.75) is 32.2 Å². The third-order valence-electron chi connectivity index (χ3n) is 3.90. The molecule has 6 heteroatoms. The van der Waals surface area contributed by atoms with Gasteiger partial charge in [-0.15, -0.1) is 0 Å². The second kappa shape index (κ2) is 6.10. The number of hydrogen-bond acceptors (Lipinski definition) is 3. The highest BCUT2D eigenvalue weighted by Gasteiger charge is 2.22. The molecule has 2 aromatic rings. The van der Waals surface area contributed by atoms with Gasteiger partial charge in [0.2, 0.25) is 0 Å². The van der Waals surface area contributed by atoms with Crippen molar-refractivity contribution in [3.05, 3.63) is 34.3 Å². The van der Waals surface area contributed by atoms with Gasteiger partial charge in [-0.1, -0.05) is 0 Å². The van der Waals surface area contributed by atoms with Crippen molar-refractivity contribution in [1.29, 1.82) is 0 Å². The lowest BCUT2D eigenvalue weighted by molar-refractivity contribution is 0.197. The van der Waals surface area contributed by atoms with Crippen molar-refractivity contribution in [2.24, 2.45) is 0 Å². The lowest BCUT2D eigenvalue weighted by atomic mass is 9.95. The van der Waals surface area contributed by atoms with E-state index in [1.807, 2.05) is 17.1 Å². The summed E-state index contributed by atoms with van der Waals surface area (Å²) in [5.41, 5.74) is 2.37. The molecular formula is C14H20BrN5. The van der Waals surface area contributed by atoms with Gasteiger partial charge in [-0.05, 0) is 48.3 Å². The highest BCUT2D eigenvalue weighted by atomic mass is 79.9. The molecule has 3 heterocycles. The lowest BCUT2D eigenvalue weighted by Gasteiger charge is -2.31. The maximum atomic E-state index is 4.42. The van der Waals surface area contributed by atoms with Crippen molar-refractivity contribution >= 4 is 15.9 Å². The smallest absolute Gasteiger partial charge is 0.0668 e. The predicted octanol–water partition coefficient (Wildman–Crippen LogP) is 2.56. The van der Waals surface area contributed by atoms with Crippen LogP contribution in [0.3, 0.4) is 0 Å². The number of nitrogens with zero attached hydrogens (tertiary/aromatic N) is 4. The maximum Gasteiger partial charge on any atom is 0.0668 e. The van der Waals surface area contributed by atoms with Crippen LogP contribution in [0.5, 0.6) is 0 Å². The van der Waals surface area contributed by atoms with Gasteiger partial charge in [0.05, 0.1) is 22.9 Å². The first-order valence-electron chi connectivity index (χ1n) is 7.13. The quantitative estimate of drug-likeness (QED) is 0.932. The number of aromatic nitrogens is 4. The molecule has 2 aromatic heterocycles. The van der Waals surface area contributed by atoms with Crippen LogP contribution in [0.15, 0.2) is 22.9 Å². The molecule has 3 rings (SSSR count). The number of nitrogens with one attached hydrogen (secondary N) is 1. The fourth-order valence-electron chi connectivity index (χ4n) is 2.85. The first kappa shape index (κ1) is 13.8. The minimum absolute atomic E-state index is 0.568. The summed E-state index contributed by atoms with van der Waals surface area (Å²) in [6.07, 6.45) is 6.36. The largest absolute Gasteiger partial charge is 0.301 e. The Balaban J connectivity index is 1.55. The Kier molecular flexibility index (Phi) is 4.21. The first-order chi connectivity index (χ1) is 9.70. The summed E-state index contributed by atoms with van der Waals surface area (Å²) < 4.78 is 3.04. The van der Waals surface area contributed by atoms with Crippen molar-refractivity contribution in [3.63, 3.8) is 0 Å². The van der Waals surface area contributed by atoms with Gasteiger partial charge in [0.1, 0.15) is 0 Å². The summed E-state index contributed by atoms with van der Waals surface area (Å²) in [5.74, 6) is 0.568. The van der Waals surface area contributed by atoms with E-state index in [0.717, 1.165) is 29.8 Å². The lowest BCUT2D eigenvalue weighted by Crippen LogP contribution is -2.36. The average molecular weight is 338 g/mol. The van der Waals surface area contributed by atoms with Crippen LogP contribution in [-0.2, 0) is 6.54 Å². The van der Waals surface area contributed by atoms with Gasteiger partial charge in [-0.25, -0.2) is 0 Å². The van der Waals surface area contributed by atoms with Crippen LogP contribution in [0.1, 0.15) is 30.1 Å². The molecule has 0 aliphatic carbocycles. The molecule has 0 spiro atoms. The molecule has 0 radical (unpaired) electrons. The van der Waals surface area contributed by atoms with Gasteiger partial charge >= 0.3 is 0 Å². The van der Waals surface area contributed by atoms with E-state index >= 15 is 0 Å². The molecule has 0 bridgehead atoms. The zero-order chi connectivity index (χ0) is 13.9. The SMILES string of the molecule is Cc1cc([C@H]2CCCN(CCn3cc(Br)cn3)C2)n[nH]1. The number of rotatable bonds is 4. The number of halogens is 1. The Hall–Kier alpha value is -1.14. The van der Waals surface area contributed by atoms with E-state index in [0.29, 0.717) is 5.92 Å². The number of hydrogen-bond donors (Lipinski definition) is 1. The summed E-state index contributed by atoms with van der Waals surface area (Å²) in [4.78, 5) is 2.52. The predicted molar refractivity (Wildman–Crippen MR) is 81.7 cm³/mol. The molecule has 1 saturated heterocycles. The van der Waals surface area contributed by atoms with Crippen molar-refractivity contribution in [2.75, 3.05) is 19.6 Å². The number of aromatic amines is 1. The van der Waals surface area contributed by atoms with E-state index in [2.05, 4.69) is 49.1 Å². The third kappa shape index (κ3) is 3.30. The number of likely N-dealkylation sites (tertiary alicyclic amines) is 1.